The van der Waals surface area contributed by atoms with E-state index in [9.17, 15) is 4.79 Å². The highest BCUT2D eigenvalue weighted by Gasteiger charge is 2.27. The van der Waals surface area contributed by atoms with Gasteiger partial charge in [0.1, 0.15) is 5.82 Å². The number of amides is 1. The zero-order valence-corrected chi connectivity index (χ0v) is 8.73. The smallest absolute Gasteiger partial charge is 0.255 e. The summed E-state index contributed by atoms with van der Waals surface area (Å²) in [5.74, 6) is 0.904. The number of pyridine rings is 1. The molecule has 2 rings (SSSR count). The number of nitrogens with two attached hydrogens (primary N) is 1. The van der Waals surface area contributed by atoms with Crippen molar-refractivity contribution < 1.29 is 4.79 Å². The number of hydrogen-bond donors (Lipinski definition) is 2. The SMILES string of the molecule is CC1CC(NC(=O)c2cccnc2N)C1. The molecule has 80 valence electrons. The summed E-state index contributed by atoms with van der Waals surface area (Å²) in [5.41, 5.74) is 6.08. The predicted octanol–water partition coefficient (Wildman–Crippen LogP) is 1.19. The highest BCUT2D eigenvalue weighted by Crippen LogP contribution is 2.26. The number of rotatable bonds is 2. The van der Waals surface area contributed by atoms with E-state index in [0.717, 1.165) is 18.8 Å². The van der Waals surface area contributed by atoms with Crippen LogP contribution in [0.15, 0.2) is 18.3 Å². The van der Waals surface area contributed by atoms with Gasteiger partial charge < -0.3 is 11.1 Å². The molecule has 0 bridgehead atoms. The van der Waals surface area contributed by atoms with Crippen LogP contribution in [0.1, 0.15) is 30.1 Å². The third-order valence-electron chi connectivity index (χ3n) is 2.79. The van der Waals surface area contributed by atoms with Crippen LogP contribution in [0.4, 0.5) is 5.82 Å². The Kier molecular flexibility index (Phi) is 2.58. The summed E-state index contributed by atoms with van der Waals surface area (Å²) in [7, 11) is 0. The molecule has 0 spiro atoms. The lowest BCUT2D eigenvalue weighted by Gasteiger charge is -2.33. The van der Waals surface area contributed by atoms with Crippen molar-refractivity contribution in [3.05, 3.63) is 23.9 Å². The van der Waals surface area contributed by atoms with Gasteiger partial charge in [0.25, 0.3) is 5.91 Å². The average Bonchev–Trinajstić information content (AvgIpc) is 2.16. The minimum atomic E-state index is -0.113. The van der Waals surface area contributed by atoms with E-state index in [-0.39, 0.29) is 5.91 Å². The molecule has 1 saturated carbocycles. The van der Waals surface area contributed by atoms with E-state index in [1.807, 2.05) is 0 Å². The summed E-state index contributed by atoms with van der Waals surface area (Å²) in [6.45, 7) is 2.18. The minimum Gasteiger partial charge on any atom is -0.383 e. The molecule has 0 saturated heterocycles. The van der Waals surface area contributed by atoms with Crippen molar-refractivity contribution in [3.8, 4) is 0 Å². The molecule has 1 fully saturated rings. The summed E-state index contributed by atoms with van der Waals surface area (Å²) >= 11 is 0. The third kappa shape index (κ3) is 2.09. The van der Waals surface area contributed by atoms with Crippen LogP contribution in [0.2, 0.25) is 0 Å². The molecule has 1 amide bonds. The zero-order chi connectivity index (χ0) is 10.8. The summed E-state index contributed by atoms with van der Waals surface area (Å²) in [5, 5.41) is 2.94. The van der Waals surface area contributed by atoms with Gasteiger partial charge in [-0.05, 0) is 30.9 Å². The highest BCUT2D eigenvalue weighted by atomic mass is 16.1. The van der Waals surface area contributed by atoms with E-state index >= 15 is 0 Å². The van der Waals surface area contributed by atoms with Crippen molar-refractivity contribution in [2.75, 3.05) is 5.73 Å². The molecule has 0 unspecified atom stereocenters. The van der Waals surface area contributed by atoms with Gasteiger partial charge in [0.15, 0.2) is 0 Å². The lowest BCUT2D eigenvalue weighted by Crippen LogP contribution is -2.43. The van der Waals surface area contributed by atoms with E-state index in [4.69, 9.17) is 5.73 Å². The van der Waals surface area contributed by atoms with E-state index in [2.05, 4.69) is 17.2 Å². The summed E-state index contributed by atoms with van der Waals surface area (Å²) in [6.07, 6.45) is 3.70. The molecule has 15 heavy (non-hydrogen) atoms. The number of carbonyl (C=O) groups is 1. The van der Waals surface area contributed by atoms with Crippen LogP contribution >= 0.6 is 0 Å². The monoisotopic (exact) mass is 205 g/mol. The predicted molar refractivity (Wildman–Crippen MR) is 58.3 cm³/mol. The average molecular weight is 205 g/mol. The number of carbonyl (C=O) groups excluding carboxylic acids is 1. The Morgan fingerprint density at radius 1 is 1.60 bits per heavy atom. The van der Waals surface area contributed by atoms with Gasteiger partial charge in [0.2, 0.25) is 0 Å². The molecule has 1 heterocycles. The van der Waals surface area contributed by atoms with Gasteiger partial charge in [-0.15, -0.1) is 0 Å². The van der Waals surface area contributed by atoms with Gasteiger partial charge >= 0.3 is 0 Å². The van der Waals surface area contributed by atoms with Crippen LogP contribution in [0.5, 0.6) is 0 Å². The van der Waals surface area contributed by atoms with E-state index < -0.39 is 0 Å². The number of anilines is 1. The number of aromatic nitrogens is 1. The van der Waals surface area contributed by atoms with E-state index in [0.29, 0.717) is 17.4 Å². The summed E-state index contributed by atoms with van der Waals surface area (Å²) in [6, 6.07) is 3.72. The van der Waals surface area contributed by atoms with Crippen molar-refractivity contribution >= 4 is 11.7 Å². The Bertz CT molecular complexity index is 372. The first-order valence-corrected chi connectivity index (χ1v) is 5.18. The molecule has 0 aliphatic heterocycles. The molecule has 1 aliphatic carbocycles. The Hall–Kier alpha value is -1.58. The largest absolute Gasteiger partial charge is 0.383 e. The molecule has 3 N–H and O–H groups in total. The Labute approximate surface area is 88.9 Å². The molecule has 0 radical (unpaired) electrons. The molecule has 0 atom stereocenters. The van der Waals surface area contributed by atoms with Crippen LogP contribution in [0, 0.1) is 5.92 Å². The molecule has 4 nitrogen and oxygen atoms in total. The zero-order valence-electron chi connectivity index (χ0n) is 8.73. The van der Waals surface area contributed by atoms with E-state index in [1.165, 1.54) is 0 Å². The first kappa shape index (κ1) is 9.96. The number of nitrogens with one attached hydrogen (secondary N) is 1. The van der Waals surface area contributed by atoms with Gasteiger partial charge in [0, 0.05) is 12.2 Å². The molecule has 0 aromatic carbocycles. The number of nitrogen functional groups attached to an aromatic ring is 1. The third-order valence-corrected chi connectivity index (χ3v) is 2.79. The van der Waals surface area contributed by atoms with Crippen molar-refractivity contribution in [2.24, 2.45) is 5.92 Å². The van der Waals surface area contributed by atoms with Gasteiger partial charge in [-0.1, -0.05) is 6.92 Å². The molecule has 1 aliphatic rings. The van der Waals surface area contributed by atoms with Crippen LogP contribution in [-0.2, 0) is 0 Å². The molecular formula is C11H15N3O. The second kappa shape index (κ2) is 3.88. The second-order valence-electron chi connectivity index (χ2n) is 4.18. The minimum absolute atomic E-state index is 0.113. The normalized spacial score (nSPS) is 24.3. The Morgan fingerprint density at radius 3 is 2.93 bits per heavy atom. The van der Waals surface area contributed by atoms with Crippen molar-refractivity contribution in [2.45, 2.75) is 25.8 Å². The van der Waals surface area contributed by atoms with Crippen molar-refractivity contribution in [1.82, 2.24) is 10.3 Å². The fraction of sp³-hybridized carbons (Fsp3) is 0.455. The van der Waals surface area contributed by atoms with Gasteiger partial charge in [-0.25, -0.2) is 4.98 Å². The Morgan fingerprint density at radius 2 is 2.33 bits per heavy atom. The van der Waals surface area contributed by atoms with Gasteiger partial charge in [-0.3, -0.25) is 4.79 Å². The van der Waals surface area contributed by atoms with Crippen molar-refractivity contribution in [3.63, 3.8) is 0 Å². The summed E-state index contributed by atoms with van der Waals surface area (Å²) in [4.78, 5) is 15.6. The van der Waals surface area contributed by atoms with Crippen LogP contribution in [-0.4, -0.2) is 16.9 Å². The first-order valence-electron chi connectivity index (χ1n) is 5.18. The lowest BCUT2D eigenvalue weighted by atomic mass is 9.82. The van der Waals surface area contributed by atoms with Crippen LogP contribution < -0.4 is 11.1 Å². The summed E-state index contributed by atoms with van der Waals surface area (Å²) < 4.78 is 0. The molecular weight excluding hydrogens is 190 g/mol. The van der Waals surface area contributed by atoms with Crippen molar-refractivity contribution in [1.29, 1.82) is 0 Å². The van der Waals surface area contributed by atoms with Gasteiger partial charge in [0.05, 0.1) is 5.56 Å². The fourth-order valence-corrected chi connectivity index (χ4v) is 1.89. The molecule has 1 aromatic rings. The second-order valence-corrected chi connectivity index (χ2v) is 4.18. The Balaban J connectivity index is 1.99. The topological polar surface area (TPSA) is 68.0 Å². The van der Waals surface area contributed by atoms with E-state index in [1.54, 1.807) is 18.3 Å². The molecule has 4 heteroatoms. The van der Waals surface area contributed by atoms with Crippen LogP contribution in [0.3, 0.4) is 0 Å². The van der Waals surface area contributed by atoms with Crippen LogP contribution in [0.25, 0.3) is 0 Å². The van der Waals surface area contributed by atoms with Gasteiger partial charge in [-0.2, -0.15) is 0 Å². The molecule has 1 aromatic heterocycles. The first-order chi connectivity index (χ1) is 7.16. The highest BCUT2D eigenvalue weighted by molar-refractivity contribution is 5.98. The maximum absolute atomic E-state index is 11.7. The maximum Gasteiger partial charge on any atom is 0.255 e. The number of nitrogens with zero attached hydrogens (tertiary/aromatic N) is 1. The fourth-order valence-electron chi connectivity index (χ4n) is 1.89. The number of hydrogen-bond acceptors (Lipinski definition) is 3. The maximum atomic E-state index is 11.7. The standard InChI is InChI=1S/C11H15N3O/c1-7-5-8(6-7)14-11(15)9-3-2-4-13-10(9)12/h2-4,7-8H,5-6H2,1H3,(H2,12,13)(H,14,15). The quantitative estimate of drug-likeness (QED) is 0.762. The lowest BCUT2D eigenvalue weighted by molar-refractivity contribution is 0.0896.